The summed E-state index contributed by atoms with van der Waals surface area (Å²) in [6.45, 7) is 10.3. The highest BCUT2D eigenvalue weighted by molar-refractivity contribution is 5.88. The minimum atomic E-state index is -0.121. The molecular formula is C24H31N3O. The average molecular weight is 378 g/mol. The summed E-state index contributed by atoms with van der Waals surface area (Å²) in [5.41, 5.74) is 5.91. The zero-order valence-electron chi connectivity index (χ0n) is 17.6. The Morgan fingerprint density at radius 2 is 1.93 bits per heavy atom. The molecule has 0 spiro atoms. The summed E-state index contributed by atoms with van der Waals surface area (Å²) in [7, 11) is 1.71. The Morgan fingerprint density at radius 3 is 2.64 bits per heavy atom. The van der Waals surface area contributed by atoms with Crippen molar-refractivity contribution in [1.29, 1.82) is 0 Å². The van der Waals surface area contributed by atoms with Gasteiger partial charge in [0.1, 0.15) is 5.75 Å². The first kappa shape index (κ1) is 20.2. The van der Waals surface area contributed by atoms with Crippen molar-refractivity contribution in [3.8, 4) is 5.75 Å². The maximum atomic E-state index is 5.62. The largest absolute Gasteiger partial charge is 0.496 e. The fraction of sp³-hybridized carbons (Fsp3) is 0.375. The molecular weight excluding hydrogens is 346 g/mol. The van der Waals surface area contributed by atoms with Crippen molar-refractivity contribution in [3.05, 3.63) is 65.4 Å². The van der Waals surface area contributed by atoms with Gasteiger partial charge in [-0.3, -0.25) is 4.98 Å². The molecule has 1 aromatic heterocycles. The third-order valence-electron chi connectivity index (χ3n) is 5.56. The number of aromatic nitrogens is 1. The van der Waals surface area contributed by atoms with Crippen molar-refractivity contribution in [3.63, 3.8) is 0 Å². The van der Waals surface area contributed by atoms with Gasteiger partial charge in [-0.2, -0.15) is 0 Å². The molecule has 0 aliphatic carbocycles. The Morgan fingerprint density at radius 1 is 1.11 bits per heavy atom. The predicted molar refractivity (Wildman–Crippen MR) is 118 cm³/mol. The molecule has 1 atom stereocenters. The van der Waals surface area contributed by atoms with Crippen LogP contribution in [0.25, 0.3) is 10.9 Å². The molecule has 0 bridgehead atoms. The van der Waals surface area contributed by atoms with Gasteiger partial charge in [0.05, 0.1) is 18.2 Å². The standard InChI is InChI=1S/C22H25N3O.C2H6/c1-15-6-4-8-19(16(15)2)22(9-11-23-14-22)25-17-12-20-18(7-5-10-24-20)21(13-17)26-3;1-2/h4-8,10,12-13,23,25H,9,11,14H2,1-3H3;1-2H3. The predicted octanol–water partition coefficient (Wildman–Crippen LogP) is 5.19. The van der Waals surface area contributed by atoms with E-state index in [2.05, 4.69) is 59.8 Å². The summed E-state index contributed by atoms with van der Waals surface area (Å²) in [4.78, 5) is 4.52. The number of benzene rings is 2. The van der Waals surface area contributed by atoms with Gasteiger partial charge in [-0.15, -0.1) is 0 Å². The van der Waals surface area contributed by atoms with Gasteiger partial charge < -0.3 is 15.4 Å². The second-order valence-electron chi connectivity index (χ2n) is 7.13. The van der Waals surface area contributed by atoms with Crippen molar-refractivity contribution >= 4 is 16.6 Å². The van der Waals surface area contributed by atoms with Crippen LogP contribution in [-0.2, 0) is 5.54 Å². The monoisotopic (exact) mass is 377 g/mol. The normalized spacial score (nSPS) is 18.5. The van der Waals surface area contributed by atoms with E-state index in [9.17, 15) is 0 Å². The Bertz CT molecular complexity index is 946. The molecule has 4 rings (SSSR count). The zero-order chi connectivity index (χ0) is 20.1. The Balaban J connectivity index is 0.00000109. The second-order valence-corrected chi connectivity index (χ2v) is 7.13. The average Bonchev–Trinajstić information content (AvgIpc) is 3.20. The number of fused-ring (bicyclic) bond motifs is 1. The van der Waals surface area contributed by atoms with Gasteiger partial charge in [-0.05, 0) is 61.7 Å². The number of hydrogen-bond donors (Lipinski definition) is 2. The quantitative estimate of drug-likeness (QED) is 0.657. The summed E-state index contributed by atoms with van der Waals surface area (Å²) in [5, 5.41) is 8.39. The highest BCUT2D eigenvalue weighted by Gasteiger charge is 2.37. The van der Waals surface area contributed by atoms with Gasteiger partial charge >= 0.3 is 0 Å². The molecule has 2 heterocycles. The topological polar surface area (TPSA) is 46.2 Å². The molecule has 1 fully saturated rings. The lowest BCUT2D eigenvalue weighted by Gasteiger charge is -2.33. The number of rotatable bonds is 4. The van der Waals surface area contributed by atoms with E-state index in [4.69, 9.17) is 4.74 Å². The first-order chi connectivity index (χ1) is 13.6. The van der Waals surface area contributed by atoms with E-state index in [-0.39, 0.29) is 5.54 Å². The van der Waals surface area contributed by atoms with Crippen LogP contribution in [0.15, 0.2) is 48.7 Å². The van der Waals surface area contributed by atoms with Gasteiger partial charge in [0.2, 0.25) is 0 Å². The molecule has 1 aliphatic rings. The van der Waals surface area contributed by atoms with Crippen LogP contribution >= 0.6 is 0 Å². The maximum absolute atomic E-state index is 5.62. The lowest BCUT2D eigenvalue weighted by atomic mass is 9.84. The van der Waals surface area contributed by atoms with E-state index in [0.717, 1.165) is 41.9 Å². The number of ether oxygens (including phenoxy) is 1. The van der Waals surface area contributed by atoms with Crippen molar-refractivity contribution < 1.29 is 4.74 Å². The Labute approximate surface area is 168 Å². The second kappa shape index (κ2) is 8.61. The number of nitrogens with zero attached hydrogens (tertiary/aromatic N) is 1. The molecule has 4 nitrogen and oxygen atoms in total. The number of pyridine rings is 1. The van der Waals surface area contributed by atoms with E-state index in [1.807, 2.05) is 32.2 Å². The smallest absolute Gasteiger partial charge is 0.130 e. The summed E-state index contributed by atoms with van der Waals surface area (Å²) in [6, 6.07) is 14.8. The molecule has 2 N–H and O–H groups in total. The SMILES string of the molecule is CC.COc1cc(NC2(c3cccc(C)c3C)CCNC2)cc2ncccc12. The van der Waals surface area contributed by atoms with Crippen molar-refractivity contribution in [1.82, 2.24) is 10.3 Å². The van der Waals surface area contributed by atoms with Crippen molar-refractivity contribution in [2.75, 3.05) is 25.5 Å². The highest BCUT2D eigenvalue weighted by Crippen LogP contribution is 2.37. The molecule has 1 aliphatic heterocycles. The summed E-state index contributed by atoms with van der Waals surface area (Å²) >= 11 is 0. The molecule has 28 heavy (non-hydrogen) atoms. The van der Waals surface area contributed by atoms with E-state index in [1.54, 1.807) is 7.11 Å². The molecule has 0 saturated carbocycles. The maximum Gasteiger partial charge on any atom is 0.130 e. The number of aryl methyl sites for hydroxylation is 1. The van der Waals surface area contributed by atoms with Crippen LogP contribution < -0.4 is 15.4 Å². The van der Waals surface area contributed by atoms with Gasteiger partial charge in [0.25, 0.3) is 0 Å². The fourth-order valence-electron chi connectivity index (χ4n) is 4.03. The fourth-order valence-corrected chi connectivity index (χ4v) is 4.03. The lowest BCUT2D eigenvalue weighted by molar-refractivity contribution is 0.419. The van der Waals surface area contributed by atoms with Crippen LogP contribution in [-0.4, -0.2) is 25.2 Å². The first-order valence-electron chi connectivity index (χ1n) is 10.1. The minimum absolute atomic E-state index is 0.121. The number of anilines is 1. The number of methoxy groups -OCH3 is 1. The molecule has 1 unspecified atom stereocenters. The molecule has 148 valence electrons. The van der Waals surface area contributed by atoms with E-state index in [1.165, 1.54) is 16.7 Å². The van der Waals surface area contributed by atoms with E-state index >= 15 is 0 Å². The van der Waals surface area contributed by atoms with Crippen LogP contribution in [0.3, 0.4) is 0 Å². The van der Waals surface area contributed by atoms with Crippen LogP contribution in [0, 0.1) is 13.8 Å². The van der Waals surface area contributed by atoms with Gasteiger partial charge in [-0.1, -0.05) is 32.0 Å². The van der Waals surface area contributed by atoms with Crippen molar-refractivity contribution in [2.24, 2.45) is 0 Å². The summed E-state index contributed by atoms with van der Waals surface area (Å²) in [6.07, 6.45) is 2.86. The molecule has 0 radical (unpaired) electrons. The van der Waals surface area contributed by atoms with Crippen molar-refractivity contribution in [2.45, 2.75) is 39.7 Å². The first-order valence-corrected chi connectivity index (χ1v) is 10.1. The van der Waals surface area contributed by atoms with Crippen LogP contribution in [0.1, 0.15) is 37.0 Å². The van der Waals surface area contributed by atoms with Crippen LogP contribution in [0.4, 0.5) is 5.69 Å². The third kappa shape index (κ3) is 3.69. The Hall–Kier alpha value is -2.59. The van der Waals surface area contributed by atoms with E-state index in [0.29, 0.717) is 0 Å². The summed E-state index contributed by atoms with van der Waals surface area (Å²) < 4.78 is 5.62. The van der Waals surface area contributed by atoms with Gasteiger partial charge in [0.15, 0.2) is 0 Å². The Kier molecular flexibility index (Phi) is 6.20. The molecule has 4 heteroatoms. The number of nitrogens with one attached hydrogen (secondary N) is 2. The van der Waals surface area contributed by atoms with Crippen LogP contribution in [0.2, 0.25) is 0 Å². The lowest BCUT2D eigenvalue weighted by Crippen LogP contribution is -2.38. The number of hydrogen-bond acceptors (Lipinski definition) is 4. The molecule has 2 aromatic carbocycles. The third-order valence-corrected chi connectivity index (χ3v) is 5.56. The molecule has 3 aromatic rings. The summed E-state index contributed by atoms with van der Waals surface area (Å²) in [5.74, 6) is 0.847. The highest BCUT2D eigenvalue weighted by atomic mass is 16.5. The zero-order valence-corrected chi connectivity index (χ0v) is 17.6. The molecule has 1 saturated heterocycles. The van der Waals surface area contributed by atoms with E-state index < -0.39 is 0 Å². The molecule has 0 amide bonds. The van der Waals surface area contributed by atoms with Gasteiger partial charge in [-0.25, -0.2) is 0 Å². The van der Waals surface area contributed by atoms with Gasteiger partial charge in [0, 0.05) is 29.9 Å². The minimum Gasteiger partial charge on any atom is -0.496 e. The van der Waals surface area contributed by atoms with Crippen LogP contribution in [0.5, 0.6) is 5.75 Å².